The van der Waals surface area contributed by atoms with E-state index in [0.29, 0.717) is 16.4 Å². The summed E-state index contributed by atoms with van der Waals surface area (Å²) in [6.45, 7) is 8.83. The lowest BCUT2D eigenvalue weighted by atomic mass is 9.86. The van der Waals surface area contributed by atoms with E-state index in [1.54, 1.807) is 23.1 Å². The maximum absolute atomic E-state index is 11.3. The number of nitrogens with zero attached hydrogens (tertiary/aromatic N) is 3. The van der Waals surface area contributed by atoms with Crippen molar-refractivity contribution in [3.05, 3.63) is 52.8 Å². The molecule has 2 aliphatic heterocycles. The van der Waals surface area contributed by atoms with Crippen LogP contribution >= 0.6 is 22.9 Å². The number of thiophene rings is 1. The first-order valence-electron chi connectivity index (χ1n) is 11.6. The van der Waals surface area contributed by atoms with Crippen LogP contribution in [-0.4, -0.2) is 44.8 Å². The van der Waals surface area contributed by atoms with Crippen molar-refractivity contribution in [2.75, 3.05) is 6.61 Å². The summed E-state index contributed by atoms with van der Waals surface area (Å²) in [6.07, 6.45) is 3.80. The number of aliphatic hydroxyl groups excluding tert-OH is 1. The average molecular weight is 502 g/mol. The second-order valence-corrected chi connectivity index (χ2v) is 11.4. The highest BCUT2D eigenvalue weighted by molar-refractivity contribution is 7.25. The van der Waals surface area contributed by atoms with Crippen LogP contribution in [0.5, 0.6) is 0 Å². The van der Waals surface area contributed by atoms with Gasteiger partial charge >= 0.3 is 7.12 Å². The number of rotatable bonds is 5. The van der Waals surface area contributed by atoms with E-state index in [9.17, 15) is 5.11 Å². The van der Waals surface area contributed by atoms with Gasteiger partial charge in [-0.15, -0.1) is 16.4 Å². The van der Waals surface area contributed by atoms with Gasteiger partial charge in [0.2, 0.25) is 0 Å². The SMILES string of the molecule is CC1(C)OB(c2cc(C(O)c3ccc(Cl)cc3)c(-c3ncn(C4CCCCO4)n3)s2)OC1(C)C. The standard InChI is InChI=1S/C24H29BClN3O4S/c1-23(2)24(3,4)33-25(32-23)18-13-17(20(30)15-8-10-16(26)11-9-15)21(34-18)22-27-14-29(28-22)19-7-5-6-12-31-19/h8-11,13-14,19-20,30H,5-7,12H2,1-4H3. The Morgan fingerprint density at radius 3 is 2.50 bits per heavy atom. The molecule has 10 heteroatoms. The Morgan fingerprint density at radius 2 is 1.85 bits per heavy atom. The second-order valence-electron chi connectivity index (χ2n) is 9.84. The zero-order chi connectivity index (χ0) is 24.1. The van der Waals surface area contributed by atoms with Crippen molar-refractivity contribution in [1.82, 2.24) is 14.8 Å². The number of ether oxygens (including phenoxy) is 1. The fourth-order valence-electron chi connectivity index (χ4n) is 4.15. The van der Waals surface area contributed by atoms with E-state index in [1.165, 1.54) is 11.3 Å². The van der Waals surface area contributed by atoms with Crippen molar-refractivity contribution < 1.29 is 19.2 Å². The molecule has 2 saturated heterocycles. The fraction of sp³-hybridized carbons (Fsp3) is 0.500. The van der Waals surface area contributed by atoms with Crippen LogP contribution in [0, 0.1) is 0 Å². The van der Waals surface area contributed by atoms with Crippen LogP contribution in [0.3, 0.4) is 0 Å². The third kappa shape index (κ3) is 4.45. The number of benzene rings is 1. The van der Waals surface area contributed by atoms with Gasteiger partial charge in [0.25, 0.3) is 0 Å². The number of hydrogen-bond donors (Lipinski definition) is 1. The Morgan fingerprint density at radius 1 is 1.15 bits per heavy atom. The van der Waals surface area contributed by atoms with E-state index in [1.807, 2.05) is 45.9 Å². The predicted molar refractivity (Wildman–Crippen MR) is 133 cm³/mol. The molecular formula is C24H29BClN3O4S. The lowest BCUT2D eigenvalue weighted by Crippen LogP contribution is -2.41. The molecule has 2 aliphatic rings. The first-order valence-corrected chi connectivity index (χ1v) is 12.8. The Kier molecular flexibility index (Phi) is 6.37. The summed E-state index contributed by atoms with van der Waals surface area (Å²) >= 11 is 7.54. The molecule has 0 spiro atoms. The smallest absolute Gasteiger partial charge is 0.399 e. The van der Waals surface area contributed by atoms with Gasteiger partial charge in [0.15, 0.2) is 12.1 Å². The van der Waals surface area contributed by atoms with Crippen molar-refractivity contribution in [2.45, 2.75) is 70.5 Å². The van der Waals surface area contributed by atoms with Gasteiger partial charge in [-0.1, -0.05) is 23.7 Å². The molecule has 0 saturated carbocycles. The Hall–Kier alpha value is -1.75. The summed E-state index contributed by atoms with van der Waals surface area (Å²) in [5, 5.41) is 16.7. The van der Waals surface area contributed by atoms with Gasteiger partial charge in [-0.05, 0) is 70.7 Å². The van der Waals surface area contributed by atoms with Gasteiger partial charge in [-0.2, -0.15) is 0 Å². The molecule has 3 aromatic rings. The summed E-state index contributed by atoms with van der Waals surface area (Å²) in [7, 11) is -0.538. The maximum atomic E-state index is 11.3. The normalized spacial score (nSPS) is 22.8. The van der Waals surface area contributed by atoms with Crippen LogP contribution in [0.2, 0.25) is 5.02 Å². The molecule has 1 N–H and O–H groups in total. The molecule has 180 valence electrons. The first kappa shape index (κ1) is 24.0. The minimum absolute atomic E-state index is 0.109. The molecule has 2 unspecified atom stereocenters. The van der Waals surface area contributed by atoms with Crippen molar-refractivity contribution in [3.63, 3.8) is 0 Å². The van der Waals surface area contributed by atoms with Crippen LogP contribution in [0.25, 0.3) is 10.7 Å². The summed E-state index contributed by atoms with van der Waals surface area (Å²) in [5.74, 6) is 0.546. The molecule has 7 nitrogen and oxygen atoms in total. The largest absolute Gasteiger partial charge is 0.505 e. The molecule has 0 aliphatic carbocycles. The highest BCUT2D eigenvalue weighted by Crippen LogP contribution is 2.40. The first-order chi connectivity index (χ1) is 16.1. The van der Waals surface area contributed by atoms with Gasteiger partial charge in [0, 0.05) is 22.0 Å². The van der Waals surface area contributed by atoms with E-state index in [2.05, 4.69) is 4.98 Å². The molecule has 0 radical (unpaired) electrons. The van der Waals surface area contributed by atoms with Crippen molar-refractivity contribution in [1.29, 1.82) is 0 Å². The van der Waals surface area contributed by atoms with Crippen molar-refractivity contribution in [2.24, 2.45) is 0 Å². The van der Waals surface area contributed by atoms with Crippen LogP contribution in [-0.2, 0) is 14.0 Å². The van der Waals surface area contributed by atoms with Gasteiger partial charge in [-0.25, -0.2) is 9.67 Å². The van der Waals surface area contributed by atoms with Crippen LogP contribution in [0.1, 0.15) is 70.4 Å². The quantitative estimate of drug-likeness (QED) is 0.509. The maximum Gasteiger partial charge on any atom is 0.505 e. The fourth-order valence-corrected chi connectivity index (χ4v) is 5.37. The zero-order valence-corrected chi connectivity index (χ0v) is 21.4. The minimum atomic E-state index is -0.877. The molecule has 0 bridgehead atoms. The summed E-state index contributed by atoms with van der Waals surface area (Å²) < 4.78 is 21.1. The minimum Gasteiger partial charge on any atom is -0.399 e. The summed E-state index contributed by atoms with van der Waals surface area (Å²) in [5.41, 5.74) is 0.516. The molecule has 2 aromatic heterocycles. The number of halogens is 1. The van der Waals surface area contributed by atoms with E-state index in [0.717, 1.165) is 41.1 Å². The Labute approximate surface area is 209 Å². The Bertz CT molecular complexity index is 1140. The van der Waals surface area contributed by atoms with E-state index < -0.39 is 24.4 Å². The molecule has 5 rings (SSSR count). The van der Waals surface area contributed by atoms with Gasteiger partial charge in [0.1, 0.15) is 12.4 Å². The van der Waals surface area contributed by atoms with Crippen LogP contribution < -0.4 is 4.78 Å². The van der Waals surface area contributed by atoms with Crippen LogP contribution in [0.4, 0.5) is 0 Å². The second kappa shape index (κ2) is 9.04. The van der Waals surface area contributed by atoms with Gasteiger partial charge in [-0.3, -0.25) is 0 Å². The van der Waals surface area contributed by atoms with E-state index >= 15 is 0 Å². The monoisotopic (exact) mass is 501 g/mol. The zero-order valence-electron chi connectivity index (χ0n) is 19.8. The highest BCUT2D eigenvalue weighted by Gasteiger charge is 2.52. The lowest BCUT2D eigenvalue weighted by molar-refractivity contribution is -0.0395. The highest BCUT2D eigenvalue weighted by atomic mass is 35.5. The Balaban J connectivity index is 1.53. The van der Waals surface area contributed by atoms with E-state index in [4.69, 9.17) is 30.7 Å². The summed E-state index contributed by atoms with van der Waals surface area (Å²) in [6, 6.07) is 9.14. The molecule has 2 atom stereocenters. The molecule has 0 amide bonds. The third-order valence-electron chi connectivity index (χ3n) is 6.91. The topological polar surface area (TPSA) is 78.6 Å². The van der Waals surface area contributed by atoms with Crippen LogP contribution in [0.15, 0.2) is 36.7 Å². The predicted octanol–water partition coefficient (Wildman–Crippen LogP) is 4.74. The van der Waals surface area contributed by atoms with Gasteiger partial charge < -0.3 is 19.2 Å². The molecule has 2 fully saturated rings. The van der Waals surface area contributed by atoms with Gasteiger partial charge in [0.05, 0.1) is 16.1 Å². The lowest BCUT2D eigenvalue weighted by Gasteiger charge is -2.32. The number of hydrogen-bond acceptors (Lipinski definition) is 7. The number of aromatic nitrogens is 3. The average Bonchev–Trinajstić information content (AvgIpc) is 3.51. The van der Waals surface area contributed by atoms with Crippen molar-refractivity contribution in [3.8, 4) is 10.7 Å². The third-order valence-corrected chi connectivity index (χ3v) is 8.33. The number of aliphatic hydroxyl groups is 1. The molecule has 1 aromatic carbocycles. The molecule has 4 heterocycles. The van der Waals surface area contributed by atoms with Crippen molar-refractivity contribution >= 4 is 34.8 Å². The molecule has 34 heavy (non-hydrogen) atoms. The molecular weight excluding hydrogens is 473 g/mol. The summed E-state index contributed by atoms with van der Waals surface area (Å²) in [4.78, 5) is 5.36. The van der Waals surface area contributed by atoms with E-state index in [-0.39, 0.29) is 6.23 Å².